The zero-order chi connectivity index (χ0) is 15.8. The van der Waals surface area contributed by atoms with Crippen molar-refractivity contribution in [1.29, 1.82) is 0 Å². The Balaban J connectivity index is 2.48. The Morgan fingerprint density at radius 1 is 1.14 bits per heavy atom. The smallest absolute Gasteiger partial charge is 0.181 e. The van der Waals surface area contributed by atoms with Gasteiger partial charge in [0, 0.05) is 16.4 Å². The van der Waals surface area contributed by atoms with Crippen LogP contribution in [0.15, 0.2) is 24.3 Å². The SMILES string of the molecule is CC(C)C(O)(O)C(N(C)C)C1(c2ccc(Cl)cc2)CCC1. The summed E-state index contributed by atoms with van der Waals surface area (Å²) in [4.78, 5) is 1.95. The van der Waals surface area contributed by atoms with E-state index in [4.69, 9.17) is 11.6 Å². The standard InChI is InChI=1S/C17H26ClNO2/c1-12(2)17(20,21)15(19(3)4)16(10-5-11-16)13-6-8-14(18)9-7-13/h6-9,12,15,20-21H,5,10-11H2,1-4H3. The molecule has 1 aliphatic rings. The van der Waals surface area contributed by atoms with Crippen LogP contribution in [0.5, 0.6) is 0 Å². The first-order chi connectivity index (χ1) is 9.71. The van der Waals surface area contributed by atoms with Gasteiger partial charge in [-0.2, -0.15) is 0 Å². The van der Waals surface area contributed by atoms with Crippen LogP contribution in [0.25, 0.3) is 0 Å². The molecular formula is C17H26ClNO2. The quantitative estimate of drug-likeness (QED) is 0.822. The van der Waals surface area contributed by atoms with E-state index >= 15 is 0 Å². The minimum Gasteiger partial charge on any atom is -0.364 e. The van der Waals surface area contributed by atoms with E-state index in [2.05, 4.69) is 0 Å². The zero-order valence-corrected chi connectivity index (χ0v) is 14.1. The Bertz CT molecular complexity index is 478. The molecular weight excluding hydrogens is 286 g/mol. The predicted molar refractivity (Wildman–Crippen MR) is 86.5 cm³/mol. The summed E-state index contributed by atoms with van der Waals surface area (Å²) in [7, 11) is 3.84. The van der Waals surface area contributed by atoms with Gasteiger partial charge in [0.1, 0.15) is 0 Å². The van der Waals surface area contributed by atoms with Gasteiger partial charge in [0.05, 0.1) is 6.04 Å². The van der Waals surface area contributed by atoms with Crippen molar-refractivity contribution < 1.29 is 10.2 Å². The number of hydrogen-bond acceptors (Lipinski definition) is 3. The largest absolute Gasteiger partial charge is 0.364 e. The Labute approximate surface area is 132 Å². The molecule has 4 heteroatoms. The predicted octanol–water partition coefficient (Wildman–Crippen LogP) is 3.03. The van der Waals surface area contributed by atoms with E-state index in [1.807, 2.05) is 57.1 Å². The van der Waals surface area contributed by atoms with Crippen LogP contribution in [0, 0.1) is 5.92 Å². The second-order valence-corrected chi connectivity index (χ2v) is 7.26. The minimum atomic E-state index is -1.73. The van der Waals surface area contributed by atoms with Gasteiger partial charge in [-0.25, -0.2) is 0 Å². The van der Waals surface area contributed by atoms with Crippen molar-refractivity contribution >= 4 is 11.6 Å². The normalized spacial score (nSPS) is 19.7. The van der Waals surface area contributed by atoms with Crippen molar-refractivity contribution in [3.63, 3.8) is 0 Å². The van der Waals surface area contributed by atoms with Crippen LogP contribution >= 0.6 is 11.6 Å². The summed E-state index contributed by atoms with van der Waals surface area (Å²) in [5.74, 6) is -1.97. The monoisotopic (exact) mass is 311 g/mol. The van der Waals surface area contributed by atoms with Crippen LogP contribution in [-0.4, -0.2) is 41.0 Å². The Morgan fingerprint density at radius 3 is 2.00 bits per heavy atom. The summed E-state index contributed by atoms with van der Waals surface area (Å²) in [5, 5.41) is 22.2. The van der Waals surface area contributed by atoms with Crippen LogP contribution in [-0.2, 0) is 5.41 Å². The van der Waals surface area contributed by atoms with Gasteiger partial charge in [0.15, 0.2) is 5.79 Å². The first-order valence-electron chi connectivity index (χ1n) is 7.59. The van der Waals surface area contributed by atoms with E-state index in [-0.39, 0.29) is 17.4 Å². The number of halogens is 1. The lowest BCUT2D eigenvalue weighted by Gasteiger charge is -2.55. The lowest BCUT2D eigenvalue weighted by atomic mass is 9.57. The maximum absolute atomic E-state index is 10.7. The molecule has 0 heterocycles. The first kappa shape index (κ1) is 16.8. The summed E-state index contributed by atoms with van der Waals surface area (Å²) in [6.45, 7) is 3.70. The maximum Gasteiger partial charge on any atom is 0.181 e. The topological polar surface area (TPSA) is 43.7 Å². The average molecular weight is 312 g/mol. The van der Waals surface area contributed by atoms with E-state index < -0.39 is 5.79 Å². The second kappa shape index (κ2) is 5.88. The maximum atomic E-state index is 10.7. The molecule has 1 aromatic rings. The highest BCUT2D eigenvalue weighted by Gasteiger charge is 2.55. The molecule has 1 aliphatic carbocycles. The molecule has 0 aliphatic heterocycles. The van der Waals surface area contributed by atoms with Crippen molar-refractivity contribution in [2.24, 2.45) is 5.92 Å². The fourth-order valence-corrected chi connectivity index (χ4v) is 3.78. The molecule has 0 radical (unpaired) electrons. The molecule has 3 nitrogen and oxygen atoms in total. The molecule has 0 amide bonds. The third-order valence-electron chi connectivity index (χ3n) is 4.96. The van der Waals surface area contributed by atoms with Gasteiger partial charge in [-0.3, -0.25) is 0 Å². The summed E-state index contributed by atoms with van der Waals surface area (Å²) in [6.07, 6.45) is 3.04. The van der Waals surface area contributed by atoms with Crippen LogP contribution in [0.3, 0.4) is 0 Å². The Morgan fingerprint density at radius 2 is 1.67 bits per heavy atom. The molecule has 1 aromatic carbocycles. The van der Waals surface area contributed by atoms with Gasteiger partial charge in [0.25, 0.3) is 0 Å². The molecule has 0 aromatic heterocycles. The molecule has 0 spiro atoms. The van der Waals surface area contributed by atoms with Crippen LogP contribution in [0.4, 0.5) is 0 Å². The summed E-state index contributed by atoms with van der Waals surface area (Å²) >= 11 is 6.00. The van der Waals surface area contributed by atoms with Crippen LogP contribution < -0.4 is 0 Å². The van der Waals surface area contributed by atoms with Crippen molar-refractivity contribution in [1.82, 2.24) is 4.90 Å². The second-order valence-electron chi connectivity index (χ2n) is 6.82. The third kappa shape index (κ3) is 2.85. The summed E-state index contributed by atoms with van der Waals surface area (Å²) < 4.78 is 0. The number of rotatable bonds is 5. The van der Waals surface area contributed by atoms with Gasteiger partial charge in [-0.1, -0.05) is 44.0 Å². The molecule has 2 N–H and O–H groups in total. The molecule has 1 fully saturated rings. The van der Waals surface area contributed by atoms with E-state index in [0.717, 1.165) is 24.8 Å². The van der Waals surface area contributed by atoms with Crippen LogP contribution in [0.2, 0.25) is 5.02 Å². The average Bonchev–Trinajstić information content (AvgIpc) is 2.33. The zero-order valence-electron chi connectivity index (χ0n) is 13.3. The summed E-state index contributed by atoms with van der Waals surface area (Å²) in [5.41, 5.74) is 0.923. The van der Waals surface area contributed by atoms with Gasteiger partial charge in [0.2, 0.25) is 0 Å². The van der Waals surface area contributed by atoms with Gasteiger partial charge < -0.3 is 15.1 Å². The van der Waals surface area contributed by atoms with Crippen molar-refractivity contribution in [3.8, 4) is 0 Å². The highest BCUT2D eigenvalue weighted by molar-refractivity contribution is 6.30. The van der Waals surface area contributed by atoms with E-state index in [9.17, 15) is 10.2 Å². The molecule has 1 atom stereocenters. The number of likely N-dealkylation sites (N-methyl/N-ethyl adjacent to an activating group) is 1. The van der Waals surface area contributed by atoms with E-state index in [1.54, 1.807) is 0 Å². The van der Waals surface area contributed by atoms with Gasteiger partial charge >= 0.3 is 0 Å². The third-order valence-corrected chi connectivity index (χ3v) is 5.21. The number of aliphatic hydroxyl groups is 2. The first-order valence-corrected chi connectivity index (χ1v) is 7.97. The minimum absolute atomic E-state index is 0.220. The highest BCUT2D eigenvalue weighted by atomic mass is 35.5. The number of nitrogens with zero attached hydrogens (tertiary/aromatic N) is 1. The van der Waals surface area contributed by atoms with E-state index in [0.29, 0.717) is 5.02 Å². The Hall–Kier alpha value is -0.610. The van der Waals surface area contributed by atoms with E-state index in [1.165, 1.54) is 0 Å². The van der Waals surface area contributed by atoms with Crippen LogP contribution in [0.1, 0.15) is 38.7 Å². The summed E-state index contributed by atoms with van der Waals surface area (Å²) in [6, 6.07) is 7.47. The Kier molecular flexibility index (Phi) is 4.69. The lowest BCUT2D eigenvalue weighted by Crippen LogP contribution is -2.65. The molecule has 21 heavy (non-hydrogen) atoms. The fourth-order valence-electron chi connectivity index (χ4n) is 3.66. The molecule has 0 bridgehead atoms. The van der Waals surface area contributed by atoms with Crippen molar-refractivity contribution in [2.45, 2.75) is 50.4 Å². The molecule has 1 saturated carbocycles. The molecule has 1 unspecified atom stereocenters. The number of benzene rings is 1. The fraction of sp³-hybridized carbons (Fsp3) is 0.647. The van der Waals surface area contributed by atoms with Crippen molar-refractivity contribution in [3.05, 3.63) is 34.9 Å². The lowest BCUT2D eigenvalue weighted by molar-refractivity contribution is -0.250. The highest BCUT2D eigenvalue weighted by Crippen LogP contribution is 2.51. The van der Waals surface area contributed by atoms with Gasteiger partial charge in [-0.05, 0) is 44.6 Å². The molecule has 2 rings (SSSR count). The molecule has 118 valence electrons. The van der Waals surface area contributed by atoms with Gasteiger partial charge in [-0.15, -0.1) is 0 Å². The van der Waals surface area contributed by atoms with Crippen molar-refractivity contribution in [2.75, 3.05) is 14.1 Å². The molecule has 0 saturated heterocycles. The number of hydrogen-bond donors (Lipinski definition) is 2.